The van der Waals surface area contributed by atoms with Crippen molar-refractivity contribution in [2.75, 3.05) is 6.54 Å². The van der Waals surface area contributed by atoms with Crippen molar-refractivity contribution >= 4 is 17.2 Å². The molecule has 2 aromatic carbocycles. The number of hydrogen-bond donors (Lipinski definition) is 0. The lowest BCUT2D eigenvalue weighted by atomic mass is 9.91. The maximum absolute atomic E-state index is 13.2. The van der Waals surface area contributed by atoms with Crippen molar-refractivity contribution in [1.29, 1.82) is 0 Å². The Hall–Kier alpha value is -2.39. The lowest BCUT2D eigenvalue weighted by Crippen LogP contribution is -2.40. The van der Waals surface area contributed by atoms with Crippen molar-refractivity contribution in [2.24, 2.45) is 0 Å². The first-order valence-corrected chi connectivity index (χ1v) is 10.1. The van der Waals surface area contributed by atoms with Gasteiger partial charge in [0.05, 0.1) is 6.04 Å². The van der Waals surface area contributed by atoms with Crippen molar-refractivity contribution < 1.29 is 4.79 Å². The summed E-state index contributed by atoms with van der Waals surface area (Å²) in [5, 5.41) is 2.15. The van der Waals surface area contributed by atoms with Crippen molar-refractivity contribution in [3.63, 3.8) is 0 Å². The summed E-state index contributed by atoms with van der Waals surface area (Å²) >= 11 is 1.81. The molecule has 3 heteroatoms. The second-order valence-electron chi connectivity index (χ2n) is 6.97. The van der Waals surface area contributed by atoms with Gasteiger partial charge in [-0.05, 0) is 40.5 Å². The highest BCUT2D eigenvalue weighted by Crippen LogP contribution is 2.38. The van der Waals surface area contributed by atoms with Gasteiger partial charge >= 0.3 is 0 Å². The summed E-state index contributed by atoms with van der Waals surface area (Å²) in [4.78, 5) is 16.7. The smallest absolute Gasteiger partial charge is 0.223 e. The standard InChI is InChI=1S/C23H23NOS/c1-17(18-8-4-2-5-9-18)16-22(25)24-14-12-21-20(13-15-26-21)23(24)19-10-6-3-7-11-19/h2-11,13,15,17,23H,12,14,16H2,1H3/t17-,23-/m0/s1. The van der Waals surface area contributed by atoms with E-state index in [-0.39, 0.29) is 17.9 Å². The molecule has 132 valence electrons. The van der Waals surface area contributed by atoms with Gasteiger partial charge in [-0.25, -0.2) is 0 Å². The molecule has 0 radical (unpaired) electrons. The van der Waals surface area contributed by atoms with Crippen LogP contribution in [0.25, 0.3) is 0 Å². The van der Waals surface area contributed by atoms with Crippen molar-refractivity contribution in [1.82, 2.24) is 4.90 Å². The van der Waals surface area contributed by atoms with Gasteiger partial charge in [0.2, 0.25) is 5.91 Å². The van der Waals surface area contributed by atoms with Gasteiger partial charge < -0.3 is 4.90 Å². The molecular weight excluding hydrogens is 338 g/mol. The van der Waals surface area contributed by atoms with Gasteiger partial charge in [0.25, 0.3) is 0 Å². The highest BCUT2D eigenvalue weighted by Gasteiger charge is 2.33. The molecule has 0 saturated heterocycles. The molecular formula is C23H23NOS. The third kappa shape index (κ3) is 3.32. The summed E-state index contributed by atoms with van der Waals surface area (Å²) in [6, 6.07) is 23.0. The molecule has 0 N–H and O–H groups in total. The van der Waals surface area contributed by atoms with Crippen molar-refractivity contribution in [2.45, 2.75) is 31.7 Å². The van der Waals surface area contributed by atoms with Crippen LogP contribution in [0.2, 0.25) is 0 Å². The average Bonchev–Trinajstić information content (AvgIpc) is 3.17. The molecule has 2 heterocycles. The maximum Gasteiger partial charge on any atom is 0.223 e. The van der Waals surface area contributed by atoms with E-state index >= 15 is 0 Å². The van der Waals surface area contributed by atoms with Gasteiger partial charge in [-0.1, -0.05) is 67.6 Å². The van der Waals surface area contributed by atoms with E-state index in [4.69, 9.17) is 0 Å². The van der Waals surface area contributed by atoms with Gasteiger partial charge in [0.15, 0.2) is 0 Å². The van der Waals surface area contributed by atoms with Gasteiger partial charge in [-0.3, -0.25) is 4.79 Å². The number of amides is 1. The number of rotatable bonds is 4. The first kappa shape index (κ1) is 17.0. The molecule has 26 heavy (non-hydrogen) atoms. The molecule has 0 fully saturated rings. The van der Waals surface area contributed by atoms with E-state index < -0.39 is 0 Å². The van der Waals surface area contributed by atoms with E-state index in [1.807, 2.05) is 35.6 Å². The Labute approximate surface area is 159 Å². The molecule has 3 aromatic rings. The second kappa shape index (κ2) is 7.46. The average molecular weight is 362 g/mol. The quantitative estimate of drug-likeness (QED) is 0.608. The largest absolute Gasteiger partial charge is 0.331 e. The minimum Gasteiger partial charge on any atom is -0.331 e. The molecule has 0 unspecified atom stereocenters. The zero-order chi connectivity index (χ0) is 17.9. The number of carbonyl (C=O) groups excluding carboxylic acids is 1. The van der Waals surface area contributed by atoms with Crippen LogP contribution in [0.4, 0.5) is 0 Å². The van der Waals surface area contributed by atoms with Crippen LogP contribution in [0.1, 0.15) is 46.9 Å². The summed E-state index contributed by atoms with van der Waals surface area (Å²) in [5.41, 5.74) is 3.73. The van der Waals surface area contributed by atoms with Gasteiger partial charge in [0.1, 0.15) is 0 Å². The van der Waals surface area contributed by atoms with Crippen LogP contribution in [0.5, 0.6) is 0 Å². The highest BCUT2D eigenvalue weighted by molar-refractivity contribution is 7.10. The van der Waals surface area contributed by atoms with Crippen LogP contribution >= 0.6 is 11.3 Å². The zero-order valence-corrected chi connectivity index (χ0v) is 15.8. The van der Waals surface area contributed by atoms with Crippen LogP contribution in [-0.4, -0.2) is 17.4 Å². The Morgan fingerprint density at radius 3 is 2.50 bits per heavy atom. The first-order valence-electron chi connectivity index (χ1n) is 9.19. The number of carbonyl (C=O) groups is 1. The van der Waals surface area contributed by atoms with Crippen LogP contribution in [0.15, 0.2) is 72.1 Å². The predicted octanol–water partition coefficient (Wildman–Crippen LogP) is 5.42. The van der Waals surface area contributed by atoms with E-state index in [2.05, 4.69) is 59.7 Å². The van der Waals surface area contributed by atoms with E-state index in [0.717, 1.165) is 13.0 Å². The van der Waals surface area contributed by atoms with Crippen LogP contribution < -0.4 is 0 Å². The molecule has 4 rings (SSSR count). The number of thiophene rings is 1. The Bertz CT molecular complexity index is 871. The summed E-state index contributed by atoms with van der Waals surface area (Å²) < 4.78 is 0. The zero-order valence-electron chi connectivity index (χ0n) is 15.0. The lowest BCUT2D eigenvalue weighted by molar-refractivity contribution is -0.133. The lowest BCUT2D eigenvalue weighted by Gasteiger charge is -2.37. The van der Waals surface area contributed by atoms with Crippen LogP contribution in [0.3, 0.4) is 0 Å². The Kier molecular flexibility index (Phi) is 4.89. The van der Waals surface area contributed by atoms with Gasteiger partial charge in [-0.15, -0.1) is 11.3 Å². The number of benzene rings is 2. The van der Waals surface area contributed by atoms with E-state index in [9.17, 15) is 4.79 Å². The molecule has 1 aliphatic heterocycles. The molecule has 0 spiro atoms. The highest BCUT2D eigenvalue weighted by atomic mass is 32.1. The molecule has 0 bridgehead atoms. The monoisotopic (exact) mass is 361 g/mol. The molecule has 1 amide bonds. The Morgan fingerprint density at radius 1 is 1.08 bits per heavy atom. The normalized spacial score (nSPS) is 17.6. The van der Waals surface area contributed by atoms with Crippen molar-refractivity contribution in [3.05, 3.63) is 93.7 Å². The van der Waals surface area contributed by atoms with E-state index in [1.54, 1.807) is 0 Å². The van der Waals surface area contributed by atoms with Gasteiger partial charge in [-0.2, -0.15) is 0 Å². The summed E-state index contributed by atoms with van der Waals surface area (Å²) in [6.45, 7) is 2.94. The third-order valence-corrected chi connectivity index (χ3v) is 6.25. The molecule has 2 atom stereocenters. The van der Waals surface area contributed by atoms with E-state index in [1.165, 1.54) is 21.6 Å². The molecule has 2 nitrogen and oxygen atoms in total. The van der Waals surface area contributed by atoms with Crippen LogP contribution in [-0.2, 0) is 11.2 Å². The number of hydrogen-bond acceptors (Lipinski definition) is 2. The fraction of sp³-hybridized carbons (Fsp3) is 0.261. The second-order valence-corrected chi connectivity index (χ2v) is 7.97. The topological polar surface area (TPSA) is 20.3 Å². The van der Waals surface area contributed by atoms with Gasteiger partial charge in [0, 0.05) is 17.8 Å². The molecule has 0 saturated carbocycles. The maximum atomic E-state index is 13.2. The molecule has 1 aliphatic rings. The number of nitrogens with zero attached hydrogens (tertiary/aromatic N) is 1. The Morgan fingerprint density at radius 2 is 1.77 bits per heavy atom. The minimum absolute atomic E-state index is 0.0432. The fourth-order valence-electron chi connectivity index (χ4n) is 3.86. The fourth-order valence-corrected chi connectivity index (χ4v) is 4.76. The predicted molar refractivity (Wildman–Crippen MR) is 107 cm³/mol. The van der Waals surface area contributed by atoms with Crippen molar-refractivity contribution in [3.8, 4) is 0 Å². The minimum atomic E-state index is 0.0432. The number of fused-ring (bicyclic) bond motifs is 1. The van der Waals surface area contributed by atoms with Crippen LogP contribution in [0, 0.1) is 0 Å². The van der Waals surface area contributed by atoms with E-state index in [0.29, 0.717) is 6.42 Å². The third-order valence-electron chi connectivity index (χ3n) is 5.25. The summed E-state index contributed by atoms with van der Waals surface area (Å²) in [5.74, 6) is 0.469. The molecule has 0 aliphatic carbocycles. The SMILES string of the molecule is C[C@@H](CC(=O)N1CCc2sccc2[C@@H]1c1ccccc1)c1ccccc1. The molecule has 1 aromatic heterocycles. The summed E-state index contributed by atoms with van der Waals surface area (Å²) in [6.07, 6.45) is 1.51. The Balaban J connectivity index is 1.61. The summed E-state index contributed by atoms with van der Waals surface area (Å²) in [7, 11) is 0. The first-order chi connectivity index (χ1) is 12.7.